The molecule has 2 heterocycles. The number of carbonyl (C=O) groups excluding carboxylic acids is 1. The topological polar surface area (TPSA) is 70.1 Å². The summed E-state index contributed by atoms with van der Waals surface area (Å²) in [6.45, 7) is 3.64. The second-order valence-corrected chi connectivity index (χ2v) is 7.60. The number of aromatic nitrogens is 2. The number of aromatic amines is 1. The number of para-hydroxylation sites is 2. The number of hydrogen-bond acceptors (Lipinski definition) is 2. The van der Waals surface area contributed by atoms with Crippen LogP contribution in [-0.2, 0) is 0 Å². The Morgan fingerprint density at radius 3 is 2.64 bits per heavy atom. The van der Waals surface area contributed by atoms with E-state index in [1.165, 1.54) is 6.42 Å². The van der Waals surface area contributed by atoms with Crippen molar-refractivity contribution in [3.63, 3.8) is 0 Å². The van der Waals surface area contributed by atoms with Gasteiger partial charge in [-0.05, 0) is 50.2 Å². The normalized spacial score (nSPS) is 24.8. The zero-order valence-electron chi connectivity index (χ0n) is 14.7. The minimum absolute atomic E-state index is 0.0518. The van der Waals surface area contributed by atoms with Gasteiger partial charge in [0.05, 0.1) is 11.0 Å². The summed E-state index contributed by atoms with van der Waals surface area (Å²) >= 11 is 0. The second-order valence-electron chi connectivity index (χ2n) is 7.60. The summed E-state index contributed by atoms with van der Waals surface area (Å²) in [4.78, 5) is 29.6. The molecule has 1 aliphatic heterocycles. The third kappa shape index (κ3) is 3.17. The van der Waals surface area contributed by atoms with Gasteiger partial charge in [-0.2, -0.15) is 0 Å². The molecule has 2 N–H and O–H groups in total. The molecule has 2 aliphatic rings. The van der Waals surface area contributed by atoms with E-state index in [0.29, 0.717) is 25.0 Å². The van der Waals surface area contributed by atoms with Crippen LogP contribution in [0.3, 0.4) is 0 Å². The summed E-state index contributed by atoms with van der Waals surface area (Å²) in [6, 6.07) is 8.34. The number of nitrogens with one attached hydrogen (secondary N) is 2. The maximum atomic E-state index is 12.5. The molecule has 2 fully saturated rings. The standard InChI is InChI=1S/C19H26N4O2/c1-13-6-7-14(12-13)20-18(24)22-10-8-15(9-11-22)23-17-5-3-2-4-16(17)21-19(23)25/h2-5,13-15H,6-12H2,1H3,(H,20,24)(H,21,25). The summed E-state index contributed by atoms with van der Waals surface area (Å²) in [5.41, 5.74) is 1.78. The first-order valence-electron chi connectivity index (χ1n) is 9.36. The number of urea groups is 1. The summed E-state index contributed by atoms with van der Waals surface area (Å²) in [7, 11) is 0. The van der Waals surface area contributed by atoms with Crippen LogP contribution in [0, 0.1) is 5.92 Å². The third-order valence-corrected chi connectivity index (χ3v) is 5.76. The van der Waals surface area contributed by atoms with Crippen LogP contribution < -0.4 is 11.0 Å². The number of rotatable bonds is 2. The van der Waals surface area contributed by atoms with Crippen molar-refractivity contribution >= 4 is 17.1 Å². The van der Waals surface area contributed by atoms with Crippen LogP contribution in [0.2, 0.25) is 0 Å². The lowest BCUT2D eigenvalue weighted by Gasteiger charge is -2.33. The van der Waals surface area contributed by atoms with E-state index in [9.17, 15) is 9.59 Å². The van der Waals surface area contributed by atoms with Gasteiger partial charge >= 0.3 is 11.7 Å². The van der Waals surface area contributed by atoms with Gasteiger partial charge in [0.2, 0.25) is 0 Å². The number of amides is 2. The molecule has 1 saturated carbocycles. The Hall–Kier alpha value is -2.24. The molecule has 2 atom stereocenters. The lowest BCUT2D eigenvalue weighted by atomic mass is 10.0. The van der Waals surface area contributed by atoms with Crippen LogP contribution in [-0.4, -0.2) is 39.6 Å². The number of hydrogen-bond donors (Lipinski definition) is 2. The van der Waals surface area contributed by atoms with Gasteiger partial charge in [-0.1, -0.05) is 19.1 Å². The molecule has 1 saturated heterocycles. The fourth-order valence-electron chi connectivity index (χ4n) is 4.37. The van der Waals surface area contributed by atoms with Crippen LogP contribution in [0.1, 0.15) is 45.1 Å². The molecular formula is C19H26N4O2. The maximum Gasteiger partial charge on any atom is 0.326 e. The molecule has 134 valence electrons. The molecule has 1 aromatic heterocycles. The van der Waals surface area contributed by atoms with E-state index < -0.39 is 0 Å². The van der Waals surface area contributed by atoms with Crippen LogP contribution in [0.4, 0.5) is 4.79 Å². The minimum atomic E-state index is -0.0518. The molecule has 6 nitrogen and oxygen atoms in total. The highest BCUT2D eigenvalue weighted by Crippen LogP contribution is 2.27. The van der Waals surface area contributed by atoms with E-state index in [-0.39, 0.29) is 17.8 Å². The van der Waals surface area contributed by atoms with Crippen molar-refractivity contribution in [3.8, 4) is 0 Å². The number of fused-ring (bicyclic) bond motifs is 1. The Bertz CT molecular complexity index is 816. The molecule has 0 bridgehead atoms. The van der Waals surface area contributed by atoms with Crippen LogP contribution in [0.5, 0.6) is 0 Å². The first-order chi connectivity index (χ1) is 12.1. The number of benzene rings is 1. The van der Waals surface area contributed by atoms with Crippen molar-refractivity contribution in [2.45, 2.75) is 51.1 Å². The van der Waals surface area contributed by atoms with Crippen molar-refractivity contribution in [3.05, 3.63) is 34.7 Å². The Balaban J connectivity index is 1.40. The molecule has 25 heavy (non-hydrogen) atoms. The highest BCUT2D eigenvalue weighted by molar-refractivity contribution is 5.75. The van der Waals surface area contributed by atoms with Crippen LogP contribution >= 0.6 is 0 Å². The lowest BCUT2D eigenvalue weighted by molar-refractivity contribution is 0.168. The van der Waals surface area contributed by atoms with E-state index in [1.807, 2.05) is 33.7 Å². The number of imidazole rings is 1. The van der Waals surface area contributed by atoms with Crippen molar-refractivity contribution in [1.29, 1.82) is 0 Å². The first-order valence-corrected chi connectivity index (χ1v) is 9.36. The lowest BCUT2D eigenvalue weighted by Crippen LogP contribution is -2.48. The SMILES string of the molecule is CC1CCC(NC(=O)N2CCC(n3c(=O)[nH]c4ccccc43)CC2)C1. The molecule has 0 radical (unpaired) electrons. The van der Waals surface area contributed by atoms with E-state index in [1.54, 1.807) is 0 Å². The molecule has 0 spiro atoms. The fraction of sp³-hybridized carbons (Fsp3) is 0.579. The van der Waals surface area contributed by atoms with E-state index in [0.717, 1.165) is 36.7 Å². The highest BCUT2D eigenvalue weighted by atomic mass is 16.2. The molecule has 4 rings (SSSR count). The number of H-pyrrole nitrogens is 1. The van der Waals surface area contributed by atoms with Crippen molar-refractivity contribution in [1.82, 2.24) is 19.8 Å². The van der Waals surface area contributed by atoms with Crippen molar-refractivity contribution in [2.24, 2.45) is 5.92 Å². The monoisotopic (exact) mass is 342 g/mol. The molecule has 2 aromatic rings. The van der Waals surface area contributed by atoms with Gasteiger partial charge in [0.25, 0.3) is 0 Å². The highest BCUT2D eigenvalue weighted by Gasteiger charge is 2.28. The Labute approximate surface area is 147 Å². The fourth-order valence-corrected chi connectivity index (χ4v) is 4.37. The molecule has 1 aromatic carbocycles. The summed E-state index contributed by atoms with van der Waals surface area (Å²) in [5, 5.41) is 3.18. The summed E-state index contributed by atoms with van der Waals surface area (Å²) < 4.78 is 1.86. The number of carbonyl (C=O) groups is 1. The zero-order valence-corrected chi connectivity index (χ0v) is 14.7. The van der Waals surface area contributed by atoms with Gasteiger partial charge in [-0.15, -0.1) is 0 Å². The molecule has 2 unspecified atom stereocenters. The minimum Gasteiger partial charge on any atom is -0.335 e. The predicted octanol–water partition coefficient (Wildman–Crippen LogP) is 2.86. The van der Waals surface area contributed by atoms with Gasteiger partial charge in [-0.25, -0.2) is 9.59 Å². The Morgan fingerprint density at radius 1 is 1.16 bits per heavy atom. The molecular weight excluding hydrogens is 316 g/mol. The number of likely N-dealkylation sites (tertiary alicyclic amines) is 1. The third-order valence-electron chi connectivity index (χ3n) is 5.76. The quantitative estimate of drug-likeness (QED) is 0.881. The van der Waals surface area contributed by atoms with Crippen molar-refractivity contribution < 1.29 is 4.79 Å². The summed E-state index contributed by atoms with van der Waals surface area (Å²) in [5.74, 6) is 0.713. The average molecular weight is 342 g/mol. The van der Waals surface area contributed by atoms with Gasteiger partial charge in [0.15, 0.2) is 0 Å². The first kappa shape index (κ1) is 16.2. The van der Waals surface area contributed by atoms with Gasteiger partial charge < -0.3 is 15.2 Å². The molecule has 2 amide bonds. The maximum absolute atomic E-state index is 12.5. The van der Waals surface area contributed by atoms with E-state index in [2.05, 4.69) is 17.2 Å². The van der Waals surface area contributed by atoms with Gasteiger partial charge in [0, 0.05) is 25.2 Å². The van der Waals surface area contributed by atoms with Crippen LogP contribution in [0.25, 0.3) is 11.0 Å². The van der Waals surface area contributed by atoms with E-state index >= 15 is 0 Å². The largest absolute Gasteiger partial charge is 0.335 e. The smallest absolute Gasteiger partial charge is 0.326 e. The van der Waals surface area contributed by atoms with E-state index in [4.69, 9.17) is 0 Å². The Morgan fingerprint density at radius 2 is 1.92 bits per heavy atom. The summed E-state index contributed by atoms with van der Waals surface area (Å²) in [6.07, 6.45) is 5.02. The average Bonchev–Trinajstić information content (AvgIpc) is 3.17. The van der Waals surface area contributed by atoms with Gasteiger partial charge in [-0.3, -0.25) is 4.57 Å². The molecule has 6 heteroatoms. The zero-order chi connectivity index (χ0) is 17.4. The van der Waals surface area contributed by atoms with Gasteiger partial charge in [0.1, 0.15) is 0 Å². The van der Waals surface area contributed by atoms with Crippen LogP contribution in [0.15, 0.2) is 29.1 Å². The Kier molecular flexibility index (Phi) is 4.27. The van der Waals surface area contributed by atoms with Crippen molar-refractivity contribution in [2.75, 3.05) is 13.1 Å². The molecule has 1 aliphatic carbocycles. The predicted molar refractivity (Wildman–Crippen MR) is 97.7 cm³/mol. The number of piperidine rings is 1. The second kappa shape index (κ2) is 6.58. The number of nitrogens with zero attached hydrogens (tertiary/aromatic N) is 2.